The molecule has 2 aliphatic rings. The fraction of sp³-hybridized carbons (Fsp3) is 0.172. The minimum absolute atomic E-state index is 0.0240. The van der Waals surface area contributed by atoms with Gasteiger partial charge < -0.3 is 18.9 Å². The van der Waals surface area contributed by atoms with Gasteiger partial charge in [-0.2, -0.15) is 0 Å². The topological polar surface area (TPSA) is 42.1 Å². The molecule has 0 fully saturated rings. The fourth-order valence-electron chi connectivity index (χ4n) is 16.2. The third-order valence-electron chi connectivity index (χ3n) is 21.8. The maximum Gasteiger partial charge on any atom is 0.252 e. The van der Waals surface area contributed by atoms with Gasteiger partial charge in [0.05, 0.1) is 33.5 Å². The van der Waals surface area contributed by atoms with Crippen LogP contribution < -0.4 is 26.2 Å². The van der Waals surface area contributed by atoms with Crippen LogP contribution in [0.4, 0.5) is 34.1 Å². The van der Waals surface area contributed by atoms with Gasteiger partial charge in [0.15, 0.2) is 5.82 Å². The van der Waals surface area contributed by atoms with E-state index in [1.54, 1.807) is 0 Å². The van der Waals surface area contributed by atoms with E-state index in [0.717, 1.165) is 67.1 Å². The number of aryl methyl sites for hydroxylation is 1. The van der Waals surface area contributed by atoms with Gasteiger partial charge in [0.2, 0.25) is 0 Å². The maximum absolute atomic E-state index is 5.34. The first-order chi connectivity index (χ1) is 51.0. The maximum atomic E-state index is 5.34. The van der Waals surface area contributed by atoms with Gasteiger partial charge in [-0.3, -0.25) is 0 Å². The van der Waals surface area contributed by atoms with E-state index in [2.05, 4.69) is 394 Å². The number of benzene rings is 13. The van der Waals surface area contributed by atoms with Crippen molar-refractivity contribution in [2.75, 3.05) is 9.80 Å². The Hall–Kier alpha value is -11.8. The summed E-state index contributed by atoms with van der Waals surface area (Å²) >= 11 is 0. The molecule has 7 heteroatoms. The lowest BCUT2D eigenvalue weighted by Gasteiger charge is -2.45. The number of rotatable bonds is 8. The summed E-state index contributed by atoms with van der Waals surface area (Å²) in [5.74, 6) is 0.684. The normalized spacial score (nSPS) is 12.9. The molecule has 16 aromatic rings. The monoisotopic (exact) mass is 1370 g/mol. The van der Waals surface area contributed by atoms with Crippen LogP contribution in [-0.2, 0) is 21.7 Å². The van der Waals surface area contributed by atoms with Gasteiger partial charge >= 0.3 is 0 Å². The number of hydrogen-bond donors (Lipinski definition) is 0. The lowest BCUT2D eigenvalue weighted by atomic mass is 9.33. The Labute approximate surface area is 625 Å². The second-order valence-corrected chi connectivity index (χ2v) is 33.2. The molecule has 0 amide bonds. The number of para-hydroxylation sites is 4. The molecule has 0 bridgehead atoms. The highest BCUT2D eigenvalue weighted by atomic mass is 15.2. The van der Waals surface area contributed by atoms with Crippen molar-refractivity contribution < 1.29 is 0 Å². The number of nitrogens with zero attached hydrogens (tertiary/aromatic N) is 6. The van der Waals surface area contributed by atoms with Gasteiger partial charge in [-0.1, -0.05) is 283 Å². The summed E-state index contributed by atoms with van der Waals surface area (Å²) in [6.07, 6.45) is 0. The van der Waals surface area contributed by atoms with Crippen LogP contribution in [0.2, 0.25) is 0 Å². The molecule has 5 heterocycles. The first-order valence-electron chi connectivity index (χ1n) is 37.5. The van der Waals surface area contributed by atoms with Gasteiger partial charge in [-0.15, -0.1) is 0 Å². The van der Waals surface area contributed by atoms with Gasteiger partial charge in [-0.25, -0.2) is 9.97 Å². The van der Waals surface area contributed by atoms with E-state index < -0.39 is 0 Å². The number of fused-ring (bicyclic) bond motifs is 10. The lowest BCUT2D eigenvalue weighted by molar-refractivity contribution is 0.590. The summed E-state index contributed by atoms with van der Waals surface area (Å²) in [7, 11) is 0. The molecule has 0 N–H and O–H groups in total. The molecule has 106 heavy (non-hydrogen) atoms. The molecule has 518 valence electrons. The van der Waals surface area contributed by atoms with Crippen LogP contribution in [0, 0.1) is 6.92 Å². The fourth-order valence-corrected chi connectivity index (χ4v) is 16.2. The standard InChI is InChI=1S/C52H34N4.C47H55BN2/c1-3-16-35(17-4-1)37-20-15-21-38(30-37)46-34-47(54-52(53-46)36-18-5-2-6-19-36)39-31-40(55-48-26-11-7-22-42(48)43-23-8-12-27-49(43)55)33-41(32-39)56-50-28-13-9-24-44(50)45-25-10-14-29-51(45)56;1-30-26-41-43-42(27-30)50(36-22-16-32(17-23-36)45(5,6)7)40-25-19-34(47(11,12)13)29-38(40)48(43)37-28-33(46(8,9)10)18-24-39(37)49(41)35-20-14-31(15-21-35)44(2,3)4/h1-34H;14-29H,1-13H3. The highest BCUT2D eigenvalue weighted by Crippen LogP contribution is 2.47. The Morgan fingerprint density at radius 2 is 0.623 bits per heavy atom. The Morgan fingerprint density at radius 1 is 0.264 bits per heavy atom. The lowest BCUT2D eigenvalue weighted by Crippen LogP contribution is -2.61. The molecule has 0 atom stereocenters. The van der Waals surface area contributed by atoms with Crippen molar-refractivity contribution >= 4 is 101 Å². The van der Waals surface area contributed by atoms with E-state index in [1.807, 2.05) is 18.2 Å². The molecular weight excluding hydrogens is 1280 g/mol. The van der Waals surface area contributed by atoms with Gasteiger partial charge in [-0.05, 0) is 187 Å². The zero-order valence-electron chi connectivity index (χ0n) is 63.1. The summed E-state index contributed by atoms with van der Waals surface area (Å²) < 4.78 is 4.80. The van der Waals surface area contributed by atoms with E-state index >= 15 is 0 Å². The average Bonchev–Trinajstić information content (AvgIpc) is 0.994. The van der Waals surface area contributed by atoms with Crippen molar-refractivity contribution in [1.82, 2.24) is 19.1 Å². The number of hydrogen-bond acceptors (Lipinski definition) is 4. The van der Waals surface area contributed by atoms with Crippen molar-refractivity contribution in [3.63, 3.8) is 0 Å². The molecule has 0 saturated carbocycles. The van der Waals surface area contributed by atoms with E-state index in [9.17, 15) is 0 Å². The Balaban J connectivity index is 0.000000157. The highest BCUT2D eigenvalue weighted by molar-refractivity contribution is 7.00. The largest absolute Gasteiger partial charge is 0.311 e. The van der Waals surface area contributed by atoms with Crippen LogP contribution in [-0.4, -0.2) is 25.8 Å². The Morgan fingerprint density at radius 3 is 1.04 bits per heavy atom. The minimum Gasteiger partial charge on any atom is -0.311 e. The molecule has 13 aromatic carbocycles. The SMILES string of the molecule is Cc1cc2c3c(c1)N(c1ccc(C(C)(C)C)cc1)c1ccc(C(C)(C)C)cc1B3c1cc(C(C)(C)C)ccc1N2c1ccc(C(C)(C)C)cc1.c1ccc(-c2cccc(-c3cc(-c4cc(-n5c6ccccc6c6ccccc65)cc(-n5c6ccccc6c6ccccc65)c4)nc(-c4ccccc4)n3)c2)cc1. The Bertz CT molecular complexity index is 5690. The molecule has 18 rings (SSSR count). The summed E-state index contributed by atoms with van der Waals surface area (Å²) in [4.78, 5) is 15.6. The van der Waals surface area contributed by atoms with Crippen molar-refractivity contribution in [2.45, 2.75) is 112 Å². The average molecular weight is 1370 g/mol. The zero-order valence-corrected chi connectivity index (χ0v) is 63.1. The molecule has 0 radical (unpaired) electrons. The first kappa shape index (κ1) is 67.4. The summed E-state index contributed by atoms with van der Waals surface area (Å²) in [6, 6.07) is 111. The molecule has 0 aliphatic carbocycles. The van der Waals surface area contributed by atoms with E-state index in [1.165, 1.54) is 105 Å². The number of anilines is 6. The van der Waals surface area contributed by atoms with Crippen molar-refractivity contribution in [3.8, 4) is 56.4 Å². The van der Waals surface area contributed by atoms with Crippen LogP contribution in [0.25, 0.3) is 100 Å². The predicted molar refractivity (Wildman–Crippen MR) is 452 cm³/mol. The van der Waals surface area contributed by atoms with Crippen molar-refractivity contribution in [1.29, 1.82) is 0 Å². The van der Waals surface area contributed by atoms with E-state index in [4.69, 9.17) is 9.97 Å². The first-order valence-corrected chi connectivity index (χ1v) is 37.5. The summed E-state index contributed by atoms with van der Waals surface area (Å²) in [6.45, 7) is 30.1. The number of aromatic nitrogens is 4. The minimum atomic E-state index is 0.0240. The zero-order chi connectivity index (χ0) is 73.1. The molecule has 0 unspecified atom stereocenters. The Kier molecular flexibility index (Phi) is 16.4. The second-order valence-electron chi connectivity index (χ2n) is 33.2. The van der Waals surface area contributed by atoms with Crippen LogP contribution in [0.5, 0.6) is 0 Å². The van der Waals surface area contributed by atoms with Gasteiger partial charge in [0.1, 0.15) is 0 Å². The van der Waals surface area contributed by atoms with E-state index in [0.29, 0.717) is 5.82 Å². The van der Waals surface area contributed by atoms with Crippen LogP contribution >= 0.6 is 0 Å². The smallest absolute Gasteiger partial charge is 0.252 e. The molecule has 2 aliphatic heterocycles. The molecule has 6 nitrogen and oxygen atoms in total. The molecule has 3 aromatic heterocycles. The molecule has 0 spiro atoms. The van der Waals surface area contributed by atoms with Crippen LogP contribution in [0.1, 0.15) is 111 Å². The molecule has 0 saturated heterocycles. The van der Waals surface area contributed by atoms with Gasteiger partial charge in [0.25, 0.3) is 6.71 Å². The molecular formula is C99H89BN6. The third kappa shape index (κ3) is 12.1. The highest BCUT2D eigenvalue weighted by Gasteiger charge is 2.44. The van der Waals surface area contributed by atoms with E-state index in [-0.39, 0.29) is 28.4 Å². The second kappa shape index (κ2) is 25.8. The quantitative estimate of drug-likeness (QED) is 0.142. The third-order valence-corrected chi connectivity index (χ3v) is 21.8. The predicted octanol–water partition coefficient (Wildman–Crippen LogP) is 24.6. The van der Waals surface area contributed by atoms with Crippen molar-refractivity contribution in [3.05, 3.63) is 331 Å². The van der Waals surface area contributed by atoms with Crippen LogP contribution in [0.15, 0.2) is 303 Å². The van der Waals surface area contributed by atoms with Crippen LogP contribution in [0.3, 0.4) is 0 Å². The van der Waals surface area contributed by atoms with Gasteiger partial charge in [0, 0.05) is 83.7 Å². The van der Waals surface area contributed by atoms with Crippen molar-refractivity contribution in [2.24, 2.45) is 0 Å². The summed E-state index contributed by atoms with van der Waals surface area (Å²) in [5, 5.41) is 4.89. The summed E-state index contributed by atoms with van der Waals surface area (Å²) in [5.41, 5.74) is 32.3.